The van der Waals surface area contributed by atoms with Crippen molar-refractivity contribution in [3.8, 4) is 0 Å². The number of hydrogen-bond donors (Lipinski definition) is 1. The zero-order chi connectivity index (χ0) is 13.0. The normalized spacial score (nSPS) is 18.8. The van der Waals surface area contributed by atoms with Gasteiger partial charge in [-0.15, -0.1) is 11.6 Å². The zero-order valence-electron chi connectivity index (χ0n) is 10.4. The molecule has 0 unspecified atom stereocenters. The van der Waals surface area contributed by atoms with E-state index < -0.39 is 5.60 Å². The van der Waals surface area contributed by atoms with Crippen molar-refractivity contribution in [1.29, 1.82) is 0 Å². The van der Waals surface area contributed by atoms with Gasteiger partial charge in [-0.1, -0.05) is 0 Å². The van der Waals surface area contributed by atoms with Crippen molar-refractivity contribution < 1.29 is 9.47 Å². The van der Waals surface area contributed by atoms with Crippen LogP contribution < -0.4 is 5.56 Å². The minimum absolute atomic E-state index is 0.160. The van der Waals surface area contributed by atoms with Crippen LogP contribution in [0, 0.1) is 0 Å². The topological polar surface area (TPSA) is 64.2 Å². The third-order valence-electron chi connectivity index (χ3n) is 3.17. The van der Waals surface area contributed by atoms with E-state index in [4.69, 9.17) is 21.1 Å². The molecule has 1 aliphatic heterocycles. The van der Waals surface area contributed by atoms with Gasteiger partial charge in [0.1, 0.15) is 11.4 Å². The van der Waals surface area contributed by atoms with E-state index in [2.05, 4.69) is 9.97 Å². The Hall–Kier alpha value is -0.910. The minimum Gasteiger partial charge on any atom is -0.381 e. The van der Waals surface area contributed by atoms with Crippen LogP contribution in [-0.2, 0) is 21.0 Å². The van der Waals surface area contributed by atoms with E-state index in [0.717, 1.165) is 0 Å². The first kappa shape index (κ1) is 13.5. The Labute approximate surface area is 110 Å². The zero-order valence-corrected chi connectivity index (χ0v) is 11.1. The molecule has 0 amide bonds. The van der Waals surface area contributed by atoms with Crippen molar-refractivity contribution in [1.82, 2.24) is 9.97 Å². The van der Waals surface area contributed by atoms with Gasteiger partial charge in [-0.05, 0) is 6.92 Å². The van der Waals surface area contributed by atoms with Gasteiger partial charge in [-0.25, -0.2) is 4.98 Å². The summed E-state index contributed by atoms with van der Waals surface area (Å²) in [5.41, 5.74) is -0.253. The standard InChI is InChI=1S/C12H17ClN2O3/c1-2-18-12(3-5-17-6-4-12)11-14-8-9(7-13)10(16)15-11/h8H,2-7H2,1H3,(H,14,15,16). The van der Waals surface area contributed by atoms with Gasteiger partial charge in [-0.3, -0.25) is 4.79 Å². The molecule has 0 aliphatic carbocycles. The van der Waals surface area contributed by atoms with E-state index >= 15 is 0 Å². The number of aromatic amines is 1. The molecular formula is C12H17ClN2O3. The number of alkyl halides is 1. The van der Waals surface area contributed by atoms with Gasteiger partial charge in [0.25, 0.3) is 5.56 Å². The summed E-state index contributed by atoms with van der Waals surface area (Å²) in [7, 11) is 0. The molecule has 1 fully saturated rings. The predicted molar refractivity (Wildman–Crippen MR) is 67.8 cm³/mol. The summed E-state index contributed by atoms with van der Waals surface area (Å²) in [5.74, 6) is 0.736. The maximum atomic E-state index is 11.8. The highest BCUT2D eigenvalue weighted by molar-refractivity contribution is 6.17. The van der Waals surface area contributed by atoms with Crippen LogP contribution in [0.5, 0.6) is 0 Å². The highest BCUT2D eigenvalue weighted by Crippen LogP contribution is 2.33. The summed E-state index contributed by atoms with van der Waals surface area (Å²) >= 11 is 5.65. The van der Waals surface area contributed by atoms with Crippen LogP contribution >= 0.6 is 11.6 Å². The lowest BCUT2D eigenvalue weighted by atomic mass is 9.93. The molecule has 0 saturated carbocycles. The quantitative estimate of drug-likeness (QED) is 0.845. The van der Waals surface area contributed by atoms with Crippen LogP contribution in [0.15, 0.2) is 11.0 Å². The molecule has 0 radical (unpaired) electrons. The molecule has 5 nitrogen and oxygen atoms in total. The Balaban J connectivity index is 2.36. The summed E-state index contributed by atoms with van der Waals surface area (Å²) in [5, 5.41) is 0. The van der Waals surface area contributed by atoms with Gasteiger partial charge < -0.3 is 14.5 Å². The predicted octanol–water partition coefficient (Wildman–Crippen LogP) is 1.55. The van der Waals surface area contributed by atoms with Gasteiger partial charge in [0.2, 0.25) is 0 Å². The second-order valence-corrected chi connectivity index (χ2v) is 4.53. The van der Waals surface area contributed by atoms with Crippen molar-refractivity contribution in [3.63, 3.8) is 0 Å². The Morgan fingerprint density at radius 1 is 1.56 bits per heavy atom. The summed E-state index contributed by atoms with van der Waals surface area (Å²) < 4.78 is 11.2. The number of nitrogens with zero attached hydrogens (tertiary/aromatic N) is 1. The molecule has 0 aromatic carbocycles. The largest absolute Gasteiger partial charge is 0.381 e. The molecule has 1 saturated heterocycles. The van der Waals surface area contributed by atoms with Crippen LogP contribution in [0.2, 0.25) is 0 Å². The summed E-state index contributed by atoms with van der Waals surface area (Å²) in [6.45, 7) is 3.73. The number of hydrogen-bond acceptors (Lipinski definition) is 4. The third kappa shape index (κ3) is 2.58. The van der Waals surface area contributed by atoms with Crippen molar-refractivity contribution in [2.45, 2.75) is 31.2 Å². The Morgan fingerprint density at radius 2 is 2.28 bits per heavy atom. The number of ether oxygens (including phenoxy) is 2. The maximum absolute atomic E-state index is 11.8. The van der Waals surface area contributed by atoms with Crippen LogP contribution in [0.25, 0.3) is 0 Å². The molecule has 1 aromatic rings. The van der Waals surface area contributed by atoms with E-state index in [1.807, 2.05) is 6.92 Å². The lowest BCUT2D eigenvalue weighted by molar-refractivity contribution is -0.118. The fraction of sp³-hybridized carbons (Fsp3) is 0.667. The van der Waals surface area contributed by atoms with E-state index in [9.17, 15) is 4.79 Å². The average molecular weight is 273 g/mol. The molecule has 1 N–H and O–H groups in total. The third-order valence-corrected chi connectivity index (χ3v) is 3.46. The molecule has 2 heterocycles. The highest BCUT2D eigenvalue weighted by atomic mass is 35.5. The van der Waals surface area contributed by atoms with Crippen molar-refractivity contribution in [2.75, 3.05) is 19.8 Å². The van der Waals surface area contributed by atoms with Crippen LogP contribution in [0.1, 0.15) is 31.2 Å². The van der Waals surface area contributed by atoms with E-state index in [0.29, 0.717) is 44.1 Å². The number of rotatable bonds is 4. The fourth-order valence-corrected chi connectivity index (χ4v) is 2.37. The summed E-state index contributed by atoms with van der Waals surface area (Å²) in [6, 6.07) is 0. The van der Waals surface area contributed by atoms with Crippen molar-refractivity contribution in [3.05, 3.63) is 27.9 Å². The molecule has 0 spiro atoms. The molecule has 2 rings (SSSR count). The molecule has 0 bridgehead atoms. The van der Waals surface area contributed by atoms with Gasteiger partial charge in [0.05, 0.1) is 11.4 Å². The summed E-state index contributed by atoms with van der Waals surface area (Å²) in [4.78, 5) is 18.9. The van der Waals surface area contributed by atoms with Crippen molar-refractivity contribution in [2.24, 2.45) is 0 Å². The van der Waals surface area contributed by atoms with E-state index in [1.165, 1.54) is 6.20 Å². The first-order valence-electron chi connectivity index (χ1n) is 6.08. The first-order chi connectivity index (χ1) is 8.72. The molecule has 100 valence electrons. The second-order valence-electron chi connectivity index (χ2n) is 4.26. The first-order valence-corrected chi connectivity index (χ1v) is 6.61. The summed E-state index contributed by atoms with van der Waals surface area (Å²) in [6.07, 6.45) is 2.92. The smallest absolute Gasteiger partial charge is 0.255 e. The van der Waals surface area contributed by atoms with Gasteiger partial charge >= 0.3 is 0 Å². The number of halogens is 1. The molecule has 1 aliphatic rings. The van der Waals surface area contributed by atoms with Gasteiger partial charge in [0.15, 0.2) is 0 Å². The Bertz CT molecular complexity index is 449. The number of aromatic nitrogens is 2. The second kappa shape index (κ2) is 5.82. The SMILES string of the molecule is CCOC1(c2ncc(CCl)c(=O)[nH]2)CCOCC1. The molecule has 0 atom stereocenters. The van der Waals surface area contributed by atoms with Crippen LogP contribution in [0.3, 0.4) is 0 Å². The van der Waals surface area contributed by atoms with E-state index in [1.54, 1.807) is 0 Å². The van der Waals surface area contributed by atoms with Crippen LogP contribution in [-0.4, -0.2) is 29.8 Å². The average Bonchev–Trinajstić information content (AvgIpc) is 2.40. The Morgan fingerprint density at radius 3 is 2.83 bits per heavy atom. The van der Waals surface area contributed by atoms with Gasteiger partial charge in [0, 0.05) is 38.9 Å². The Kier molecular flexibility index (Phi) is 4.37. The fourth-order valence-electron chi connectivity index (χ4n) is 2.17. The number of H-pyrrole nitrogens is 1. The number of nitrogens with one attached hydrogen (secondary N) is 1. The van der Waals surface area contributed by atoms with E-state index in [-0.39, 0.29) is 11.4 Å². The molecule has 1 aromatic heterocycles. The lowest BCUT2D eigenvalue weighted by Crippen LogP contribution is -2.39. The minimum atomic E-state index is -0.531. The molecular weight excluding hydrogens is 256 g/mol. The monoisotopic (exact) mass is 272 g/mol. The van der Waals surface area contributed by atoms with Gasteiger partial charge in [-0.2, -0.15) is 0 Å². The van der Waals surface area contributed by atoms with Crippen LogP contribution in [0.4, 0.5) is 0 Å². The lowest BCUT2D eigenvalue weighted by Gasteiger charge is -2.35. The molecule has 6 heteroatoms. The highest BCUT2D eigenvalue weighted by Gasteiger charge is 2.37. The maximum Gasteiger partial charge on any atom is 0.255 e. The molecule has 18 heavy (non-hydrogen) atoms. The van der Waals surface area contributed by atoms with Crippen molar-refractivity contribution >= 4 is 11.6 Å².